The molecule has 0 radical (unpaired) electrons. The Bertz CT molecular complexity index is 562. The molecular weight excluding hydrogens is 283 g/mol. The van der Waals surface area contributed by atoms with E-state index >= 15 is 0 Å². The number of anilines is 2. The first-order valence-electron chi connectivity index (χ1n) is 7.65. The number of amides is 1. The lowest BCUT2D eigenvalue weighted by Gasteiger charge is -2.22. The Morgan fingerprint density at radius 1 is 1.36 bits per heavy atom. The maximum atomic E-state index is 13.8. The Hall–Kier alpha value is -1.78. The van der Waals surface area contributed by atoms with Crippen LogP contribution in [0.15, 0.2) is 18.2 Å². The van der Waals surface area contributed by atoms with Gasteiger partial charge in [0.25, 0.3) is 0 Å². The van der Waals surface area contributed by atoms with Gasteiger partial charge in [-0.2, -0.15) is 0 Å². The smallest absolute Gasteiger partial charge is 0.412 e. The summed E-state index contributed by atoms with van der Waals surface area (Å²) in [6, 6.07) is 4.92. The molecule has 1 amide bonds. The molecule has 0 spiro atoms. The number of carbonyl (C=O) groups excluding carboxylic acids is 1. The van der Waals surface area contributed by atoms with E-state index < -0.39 is 17.5 Å². The lowest BCUT2D eigenvalue weighted by Crippen LogP contribution is -2.27. The van der Waals surface area contributed by atoms with Gasteiger partial charge in [-0.3, -0.25) is 5.32 Å². The maximum Gasteiger partial charge on any atom is 0.412 e. The topological polar surface area (TPSA) is 50.4 Å². The molecule has 0 saturated heterocycles. The Labute approximate surface area is 131 Å². The third-order valence-electron chi connectivity index (χ3n) is 4.07. The minimum atomic E-state index is -0.661. The van der Waals surface area contributed by atoms with Gasteiger partial charge in [-0.15, -0.1) is 0 Å². The molecule has 122 valence electrons. The van der Waals surface area contributed by atoms with Crippen molar-refractivity contribution in [1.29, 1.82) is 0 Å². The first-order valence-corrected chi connectivity index (χ1v) is 7.65. The largest absolute Gasteiger partial charge is 0.444 e. The number of benzene rings is 1. The molecule has 1 aromatic rings. The summed E-state index contributed by atoms with van der Waals surface area (Å²) in [4.78, 5) is 11.8. The summed E-state index contributed by atoms with van der Waals surface area (Å²) in [6.45, 7) is 9.64. The van der Waals surface area contributed by atoms with Crippen LogP contribution in [0.1, 0.15) is 47.5 Å². The molecule has 22 heavy (non-hydrogen) atoms. The van der Waals surface area contributed by atoms with Gasteiger partial charge < -0.3 is 10.1 Å². The molecule has 2 N–H and O–H groups in total. The summed E-state index contributed by atoms with van der Waals surface area (Å²) in [6.07, 6.45) is 1.74. The van der Waals surface area contributed by atoms with Crippen LogP contribution in [0.3, 0.4) is 0 Å². The highest BCUT2D eigenvalue weighted by Crippen LogP contribution is 2.48. The molecule has 0 aliphatic heterocycles. The molecule has 1 fully saturated rings. The number of halogens is 1. The van der Waals surface area contributed by atoms with Gasteiger partial charge in [0.2, 0.25) is 0 Å². The highest BCUT2D eigenvalue weighted by atomic mass is 19.1. The van der Waals surface area contributed by atoms with E-state index in [4.69, 9.17) is 4.74 Å². The molecule has 1 aromatic carbocycles. The Morgan fingerprint density at radius 2 is 2.00 bits per heavy atom. The van der Waals surface area contributed by atoms with Crippen LogP contribution < -0.4 is 10.6 Å². The van der Waals surface area contributed by atoms with Crippen LogP contribution in [0, 0.1) is 11.2 Å². The molecule has 0 aromatic heterocycles. The summed E-state index contributed by atoms with van der Waals surface area (Å²) < 4.78 is 19.0. The van der Waals surface area contributed by atoms with E-state index in [2.05, 4.69) is 24.5 Å². The fraction of sp³-hybridized carbons (Fsp3) is 0.588. The van der Waals surface area contributed by atoms with E-state index in [1.54, 1.807) is 32.9 Å². The van der Waals surface area contributed by atoms with E-state index in [-0.39, 0.29) is 5.69 Å². The third-order valence-corrected chi connectivity index (χ3v) is 4.07. The van der Waals surface area contributed by atoms with Crippen LogP contribution in [0.25, 0.3) is 0 Å². The quantitative estimate of drug-likeness (QED) is 0.842. The summed E-state index contributed by atoms with van der Waals surface area (Å²) in [7, 11) is 0. The number of carbonyl (C=O) groups is 1. The zero-order valence-corrected chi connectivity index (χ0v) is 13.9. The van der Waals surface area contributed by atoms with Crippen LogP contribution in [-0.2, 0) is 4.74 Å². The number of hydrogen-bond acceptors (Lipinski definition) is 3. The van der Waals surface area contributed by atoms with Crippen molar-refractivity contribution >= 4 is 17.5 Å². The van der Waals surface area contributed by atoms with Crippen molar-refractivity contribution in [3.8, 4) is 0 Å². The van der Waals surface area contributed by atoms with E-state index in [0.717, 1.165) is 5.69 Å². The lowest BCUT2D eigenvalue weighted by molar-refractivity contribution is 0.0635. The van der Waals surface area contributed by atoms with Gasteiger partial charge >= 0.3 is 6.09 Å². The normalized spacial score (nSPS) is 17.5. The average molecular weight is 308 g/mol. The van der Waals surface area contributed by atoms with Crippen LogP contribution in [0.4, 0.5) is 20.6 Å². The predicted octanol–water partition coefficient (Wildman–Crippen LogP) is 4.77. The molecule has 5 heteroatoms. The molecule has 1 aliphatic carbocycles. The second-order valence-electron chi connectivity index (χ2n) is 7.34. The monoisotopic (exact) mass is 308 g/mol. The summed E-state index contributed by atoms with van der Waals surface area (Å²) in [5, 5.41) is 5.83. The van der Waals surface area contributed by atoms with Crippen molar-refractivity contribution in [3.05, 3.63) is 24.0 Å². The van der Waals surface area contributed by atoms with Gasteiger partial charge in [-0.05, 0) is 64.2 Å². The fourth-order valence-electron chi connectivity index (χ4n) is 2.18. The van der Waals surface area contributed by atoms with Gasteiger partial charge in [-0.1, -0.05) is 6.92 Å². The van der Waals surface area contributed by atoms with E-state index in [9.17, 15) is 9.18 Å². The van der Waals surface area contributed by atoms with Gasteiger partial charge in [0, 0.05) is 11.7 Å². The second-order valence-corrected chi connectivity index (χ2v) is 7.34. The van der Waals surface area contributed by atoms with Gasteiger partial charge in [0.05, 0.1) is 5.69 Å². The van der Waals surface area contributed by atoms with Crippen LogP contribution >= 0.6 is 0 Å². The highest BCUT2D eigenvalue weighted by molar-refractivity contribution is 5.85. The Kier molecular flexibility index (Phi) is 4.36. The van der Waals surface area contributed by atoms with Crippen LogP contribution in [0.5, 0.6) is 0 Å². The fourth-order valence-corrected chi connectivity index (χ4v) is 2.18. The molecular formula is C17H25FN2O2. The zero-order chi connectivity index (χ0) is 16.5. The van der Waals surface area contributed by atoms with Crippen LogP contribution in [-0.4, -0.2) is 17.7 Å². The van der Waals surface area contributed by atoms with Crippen molar-refractivity contribution in [3.63, 3.8) is 0 Å². The van der Waals surface area contributed by atoms with Crippen molar-refractivity contribution in [2.75, 3.05) is 10.6 Å². The number of ether oxygens (including phenoxy) is 1. The average Bonchev–Trinajstić information content (AvgIpc) is 3.10. The summed E-state index contributed by atoms with van der Waals surface area (Å²) in [5.74, 6) is -0.485. The zero-order valence-electron chi connectivity index (χ0n) is 13.9. The SMILES string of the molecule is CC(Nc1ccc(F)c(NC(=O)OC(C)(C)C)c1)C1(C)CC1. The van der Waals surface area contributed by atoms with Gasteiger partial charge in [0.15, 0.2) is 0 Å². The molecule has 1 atom stereocenters. The van der Waals surface area contributed by atoms with Crippen molar-refractivity contribution in [2.24, 2.45) is 5.41 Å². The van der Waals surface area contributed by atoms with Gasteiger partial charge in [0.1, 0.15) is 11.4 Å². The summed E-state index contributed by atoms with van der Waals surface area (Å²) in [5.41, 5.74) is 0.596. The maximum absolute atomic E-state index is 13.8. The number of nitrogens with one attached hydrogen (secondary N) is 2. The number of hydrogen-bond donors (Lipinski definition) is 2. The summed E-state index contributed by atoms with van der Waals surface area (Å²) >= 11 is 0. The highest BCUT2D eigenvalue weighted by Gasteiger charge is 2.42. The molecule has 1 saturated carbocycles. The lowest BCUT2D eigenvalue weighted by atomic mass is 10.0. The standard InChI is InChI=1S/C17H25FN2O2/c1-11(17(5)8-9-17)19-12-6-7-13(18)14(10-12)20-15(21)22-16(2,3)4/h6-7,10-11,19H,8-9H2,1-5H3,(H,20,21). The van der Waals surface area contributed by atoms with Gasteiger partial charge in [-0.25, -0.2) is 9.18 Å². The molecule has 0 heterocycles. The Balaban J connectivity index is 2.05. The molecule has 2 rings (SSSR count). The van der Waals surface area contributed by atoms with Crippen LogP contribution in [0.2, 0.25) is 0 Å². The molecule has 4 nitrogen and oxygen atoms in total. The van der Waals surface area contributed by atoms with Crippen molar-refractivity contribution in [2.45, 2.75) is 59.1 Å². The van der Waals surface area contributed by atoms with Crippen molar-refractivity contribution < 1.29 is 13.9 Å². The molecule has 0 bridgehead atoms. The van der Waals surface area contributed by atoms with Crippen molar-refractivity contribution in [1.82, 2.24) is 0 Å². The van der Waals surface area contributed by atoms with E-state index in [0.29, 0.717) is 11.5 Å². The second kappa shape index (κ2) is 5.78. The third kappa shape index (κ3) is 4.36. The molecule has 1 aliphatic rings. The van der Waals surface area contributed by atoms with E-state index in [1.807, 2.05) is 0 Å². The van der Waals surface area contributed by atoms with E-state index in [1.165, 1.54) is 18.9 Å². The Morgan fingerprint density at radius 3 is 2.55 bits per heavy atom. The first kappa shape index (κ1) is 16.6. The minimum absolute atomic E-state index is 0.118. The predicted molar refractivity (Wildman–Crippen MR) is 86.7 cm³/mol. The molecule has 1 unspecified atom stereocenters. The minimum Gasteiger partial charge on any atom is -0.444 e. The number of rotatable bonds is 4. The first-order chi connectivity index (χ1) is 10.1.